The van der Waals surface area contributed by atoms with Crippen molar-refractivity contribution >= 4 is 40.0 Å². The van der Waals surface area contributed by atoms with E-state index in [4.69, 9.17) is 4.74 Å². The number of nitrogens with one attached hydrogen (secondary N) is 1. The number of rotatable bonds is 6. The highest BCUT2D eigenvalue weighted by atomic mass is 32.2. The summed E-state index contributed by atoms with van der Waals surface area (Å²) in [6.45, 7) is 5.96. The molecule has 1 aromatic carbocycles. The maximum Gasteiger partial charge on any atom is 0.348 e. The van der Waals surface area contributed by atoms with E-state index in [0.29, 0.717) is 22.2 Å². The molecule has 1 amide bonds. The molecule has 0 aliphatic heterocycles. The Balaban J connectivity index is 1.93. The van der Waals surface area contributed by atoms with E-state index in [0.717, 1.165) is 10.5 Å². The van der Waals surface area contributed by atoms with Gasteiger partial charge >= 0.3 is 5.97 Å². The fourth-order valence-corrected chi connectivity index (χ4v) is 3.77. The Hall–Kier alpha value is -1.79. The molecule has 6 heteroatoms. The number of aryl methyl sites for hydroxylation is 2. The van der Waals surface area contributed by atoms with Crippen LogP contribution in [0.2, 0.25) is 0 Å². The molecule has 1 aromatic heterocycles. The third-order valence-electron chi connectivity index (χ3n) is 3.00. The molecule has 2 aromatic rings. The van der Waals surface area contributed by atoms with Crippen molar-refractivity contribution < 1.29 is 14.3 Å². The summed E-state index contributed by atoms with van der Waals surface area (Å²) in [6, 6.07) is 9.83. The van der Waals surface area contributed by atoms with Crippen LogP contribution in [0, 0.1) is 13.8 Å². The molecule has 0 saturated carbocycles. The van der Waals surface area contributed by atoms with Crippen LogP contribution in [0.25, 0.3) is 0 Å². The summed E-state index contributed by atoms with van der Waals surface area (Å²) < 4.78 is 5.00. The number of thioether (sulfide) groups is 1. The molecule has 0 bridgehead atoms. The van der Waals surface area contributed by atoms with Gasteiger partial charge in [-0.05, 0) is 44.5 Å². The van der Waals surface area contributed by atoms with E-state index in [-0.39, 0.29) is 11.9 Å². The number of ether oxygens (including phenoxy) is 1. The molecule has 1 heterocycles. The molecule has 0 radical (unpaired) electrons. The Morgan fingerprint density at radius 2 is 2.04 bits per heavy atom. The Morgan fingerprint density at radius 1 is 1.26 bits per heavy atom. The van der Waals surface area contributed by atoms with Crippen LogP contribution in [-0.2, 0) is 9.53 Å². The smallest absolute Gasteiger partial charge is 0.348 e. The highest BCUT2D eigenvalue weighted by Crippen LogP contribution is 2.28. The number of thiophene rings is 1. The SMILES string of the molecule is CCOC(=O)c1sc(NC(=O)CSc2cccc(C)c2)cc1C. The van der Waals surface area contributed by atoms with Crippen molar-refractivity contribution in [1.29, 1.82) is 0 Å². The van der Waals surface area contributed by atoms with Gasteiger partial charge in [0.25, 0.3) is 0 Å². The average molecular weight is 349 g/mol. The van der Waals surface area contributed by atoms with E-state index >= 15 is 0 Å². The van der Waals surface area contributed by atoms with Crippen LogP contribution in [0.4, 0.5) is 5.00 Å². The lowest BCUT2D eigenvalue weighted by Gasteiger charge is -2.03. The molecule has 0 spiro atoms. The van der Waals surface area contributed by atoms with Gasteiger partial charge in [0.05, 0.1) is 17.4 Å². The van der Waals surface area contributed by atoms with Crippen molar-refractivity contribution in [3.63, 3.8) is 0 Å². The quantitative estimate of drug-likeness (QED) is 0.625. The molecule has 1 N–H and O–H groups in total. The minimum Gasteiger partial charge on any atom is -0.462 e. The zero-order chi connectivity index (χ0) is 16.8. The summed E-state index contributed by atoms with van der Waals surface area (Å²) in [4.78, 5) is 25.4. The van der Waals surface area contributed by atoms with Crippen molar-refractivity contribution in [2.75, 3.05) is 17.7 Å². The van der Waals surface area contributed by atoms with Crippen LogP contribution < -0.4 is 5.32 Å². The van der Waals surface area contributed by atoms with E-state index in [9.17, 15) is 9.59 Å². The number of benzene rings is 1. The molecule has 4 nitrogen and oxygen atoms in total. The van der Waals surface area contributed by atoms with Crippen LogP contribution >= 0.6 is 23.1 Å². The van der Waals surface area contributed by atoms with Gasteiger partial charge in [-0.3, -0.25) is 4.79 Å². The standard InChI is InChI=1S/C17H19NO3S2/c1-4-21-17(20)16-12(3)9-15(23-16)18-14(19)10-22-13-7-5-6-11(2)8-13/h5-9H,4,10H2,1-3H3,(H,18,19). The molecule has 0 unspecified atom stereocenters. The van der Waals surface area contributed by atoms with Gasteiger partial charge in [0.15, 0.2) is 0 Å². The maximum atomic E-state index is 12.0. The highest BCUT2D eigenvalue weighted by Gasteiger charge is 2.15. The van der Waals surface area contributed by atoms with Crippen molar-refractivity contribution in [1.82, 2.24) is 0 Å². The van der Waals surface area contributed by atoms with Crippen LogP contribution in [-0.4, -0.2) is 24.2 Å². The fraction of sp³-hybridized carbons (Fsp3) is 0.294. The predicted octanol–water partition coefficient (Wildman–Crippen LogP) is 4.27. The second kappa shape index (κ2) is 8.17. The molecular weight excluding hydrogens is 330 g/mol. The third kappa shape index (κ3) is 5.11. The first kappa shape index (κ1) is 17.6. The summed E-state index contributed by atoms with van der Waals surface area (Å²) in [5.41, 5.74) is 1.98. The van der Waals surface area contributed by atoms with Gasteiger partial charge in [0, 0.05) is 4.90 Å². The lowest BCUT2D eigenvalue weighted by atomic mass is 10.2. The van der Waals surface area contributed by atoms with Gasteiger partial charge in [-0.2, -0.15) is 0 Å². The lowest BCUT2D eigenvalue weighted by molar-refractivity contribution is -0.113. The second-order valence-corrected chi connectivity index (χ2v) is 7.10. The Labute approximate surface area is 144 Å². The summed E-state index contributed by atoms with van der Waals surface area (Å²) in [5.74, 6) is -0.104. The van der Waals surface area contributed by atoms with E-state index in [1.54, 1.807) is 13.0 Å². The number of carbonyl (C=O) groups excluding carboxylic acids is 2. The number of anilines is 1. The summed E-state index contributed by atoms with van der Waals surface area (Å²) in [6.07, 6.45) is 0. The molecule has 0 saturated heterocycles. The first-order valence-electron chi connectivity index (χ1n) is 7.26. The summed E-state index contributed by atoms with van der Waals surface area (Å²) >= 11 is 2.73. The van der Waals surface area contributed by atoms with Crippen LogP contribution in [0.3, 0.4) is 0 Å². The van der Waals surface area contributed by atoms with Gasteiger partial charge < -0.3 is 10.1 Å². The van der Waals surface area contributed by atoms with Gasteiger partial charge in [0.1, 0.15) is 4.88 Å². The van der Waals surface area contributed by atoms with E-state index < -0.39 is 0 Å². The van der Waals surface area contributed by atoms with Gasteiger partial charge in [-0.15, -0.1) is 23.1 Å². The second-order valence-electron chi connectivity index (χ2n) is 5.00. The number of hydrogen-bond donors (Lipinski definition) is 1. The molecule has 0 aliphatic carbocycles. The number of esters is 1. The first-order chi connectivity index (χ1) is 11.0. The van der Waals surface area contributed by atoms with E-state index in [2.05, 4.69) is 5.32 Å². The fourth-order valence-electron chi connectivity index (χ4n) is 1.97. The molecule has 23 heavy (non-hydrogen) atoms. The zero-order valence-corrected chi connectivity index (χ0v) is 15.0. The summed E-state index contributed by atoms with van der Waals surface area (Å²) in [5, 5.41) is 3.50. The highest BCUT2D eigenvalue weighted by molar-refractivity contribution is 8.00. The van der Waals surface area contributed by atoms with Crippen LogP contribution in [0.1, 0.15) is 27.7 Å². The topological polar surface area (TPSA) is 55.4 Å². The van der Waals surface area contributed by atoms with Crippen molar-refractivity contribution in [2.45, 2.75) is 25.7 Å². The minimum absolute atomic E-state index is 0.0897. The third-order valence-corrected chi connectivity index (χ3v) is 5.13. The average Bonchev–Trinajstić information content (AvgIpc) is 2.86. The van der Waals surface area contributed by atoms with Gasteiger partial charge in [-0.25, -0.2) is 4.79 Å². The number of carbonyl (C=O) groups is 2. The Morgan fingerprint density at radius 3 is 2.74 bits per heavy atom. The predicted molar refractivity (Wildman–Crippen MR) is 95.5 cm³/mol. The van der Waals surface area contributed by atoms with Crippen molar-refractivity contribution in [3.05, 3.63) is 46.3 Å². The van der Waals surface area contributed by atoms with Crippen molar-refractivity contribution in [3.8, 4) is 0 Å². The van der Waals surface area contributed by atoms with Gasteiger partial charge in [0.2, 0.25) is 5.91 Å². The molecular formula is C17H19NO3S2. The van der Waals surface area contributed by atoms with E-state index in [1.165, 1.54) is 28.7 Å². The maximum absolute atomic E-state index is 12.0. The zero-order valence-electron chi connectivity index (χ0n) is 13.3. The largest absolute Gasteiger partial charge is 0.462 e. The first-order valence-corrected chi connectivity index (χ1v) is 9.06. The van der Waals surface area contributed by atoms with Crippen LogP contribution in [0.15, 0.2) is 35.2 Å². The monoisotopic (exact) mass is 349 g/mol. The number of hydrogen-bond acceptors (Lipinski definition) is 5. The Bertz CT molecular complexity index is 710. The van der Waals surface area contributed by atoms with Crippen molar-refractivity contribution in [2.24, 2.45) is 0 Å². The number of amides is 1. The molecule has 122 valence electrons. The van der Waals surface area contributed by atoms with Gasteiger partial charge in [-0.1, -0.05) is 17.7 Å². The molecule has 0 fully saturated rings. The molecule has 0 aliphatic rings. The normalized spacial score (nSPS) is 10.4. The van der Waals surface area contributed by atoms with E-state index in [1.807, 2.05) is 38.1 Å². The lowest BCUT2D eigenvalue weighted by Crippen LogP contribution is -2.12. The Kier molecular flexibility index (Phi) is 6.24. The molecule has 0 atom stereocenters. The van der Waals surface area contributed by atoms with Crippen LogP contribution in [0.5, 0.6) is 0 Å². The molecule has 2 rings (SSSR count). The minimum atomic E-state index is -0.343. The summed E-state index contributed by atoms with van der Waals surface area (Å²) in [7, 11) is 0.